The number of likely N-dealkylation sites (tertiary alicyclic amines) is 1. The minimum Gasteiger partial charge on any atom is -0.481 e. The van der Waals surface area contributed by atoms with Crippen LogP contribution in [0.15, 0.2) is 18.3 Å². The van der Waals surface area contributed by atoms with Crippen molar-refractivity contribution in [2.24, 2.45) is 0 Å². The molecule has 2 amide bonds. The zero-order chi connectivity index (χ0) is 16.9. The van der Waals surface area contributed by atoms with Gasteiger partial charge in [-0.1, -0.05) is 0 Å². The molecule has 2 rings (SSSR count). The lowest BCUT2D eigenvalue weighted by atomic mass is 9.91. The number of carbonyl (C=O) groups excluding carboxylic acids is 2. The molecule has 0 aliphatic carbocycles. The summed E-state index contributed by atoms with van der Waals surface area (Å²) >= 11 is 0. The molecule has 1 aromatic heterocycles. The number of methoxy groups -OCH3 is 2. The Labute approximate surface area is 136 Å². The molecule has 23 heavy (non-hydrogen) atoms. The van der Waals surface area contributed by atoms with E-state index in [1.54, 1.807) is 37.4 Å². The highest BCUT2D eigenvalue weighted by Gasteiger charge is 2.45. The molecule has 7 heteroatoms. The van der Waals surface area contributed by atoms with Gasteiger partial charge in [-0.3, -0.25) is 9.59 Å². The lowest BCUT2D eigenvalue weighted by Gasteiger charge is -2.37. The normalized spacial score (nSPS) is 20.4. The van der Waals surface area contributed by atoms with Crippen molar-refractivity contribution in [1.29, 1.82) is 0 Å². The van der Waals surface area contributed by atoms with E-state index >= 15 is 0 Å². The van der Waals surface area contributed by atoms with E-state index in [4.69, 9.17) is 9.47 Å². The maximum Gasteiger partial charge on any atom is 0.254 e. The molecule has 1 saturated heterocycles. The van der Waals surface area contributed by atoms with Crippen LogP contribution in [-0.4, -0.2) is 61.7 Å². The van der Waals surface area contributed by atoms with Gasteiger partial charge in [0.2, 0.25) is 11.8 Å². The second-order valence-corrected chi connectivity index (χ2v) is 5.65. The number of hydrogen-bond acceptors (Lipinski definition) is 5. The van der Waals surface area contributed by atoms with Crippen LogP contribution in [-0.2, 0) is 9.53 Å². The summed E-state index contributed by atoms with van der Waals surface area (Å²) < 4.78 is 10.4. The quantitative estimate of drug-likeness (QED) is 0.840. The molecular formula is C16H23N3O4. The molecule has 1 atom stereocenters. The molecular weight excluding hydrogens is 298 g/mol. The minimum absolute atomic E-state index is 0.103. The Morgan fingerprint density at radius 2 is 2.22 bits per heavy atom. The standard InChI is InChI=1S/C16H23N3O4/c1-17-13(20)10-16(11-22-2)6-4-8-19(16)15(21)12-5-7-18-14(9-12)23-3/h5,7,9H,4,6,8,10-11H2,1-3H3,(H,17,20)/t16-/m0/s1. The third-order valence-corrected chi connectivity index (χ3v) is 4.21. The number of nitrogens with one attached hydrogen (secondary N) is 1. The van der Waals surface area contributed by atoms with Crippen LogP contribution in [0.2, 0.25) is 0 Å². The smallest absolute Gasteiger partial charge is 0.254 e. The fourth-order valence-corrected chi connectivity index (χ4v) is 3.11. The zero-order valence-electron chi connectivity index (χ0n) is 13.8. The summed E-state index contributed by atoms with van der Waals surface area (Å²) in [6.07, 6.45) is 3.35. The average Bonchev–Trinajstić information content (AvgIpc) is 2.97. The van der Waals surface area contributed by atoms with Gasteiger partial charge in [-0.15, -0.1) is 0 Å². The van der Waals surface area contributed by atoms with Gasteiger partial charge in [-0.05, 0) is 18.9 Å². The molecule has 1 fully saturated rings. The lowest BCUT2D eigenvalue weighted by Crippen LogP contribution is -2.52. The topological polar surface area (TPSA) is 80.8 Å². The predicted octanol–water partition coefficient (Wildman–Crippen LogP) is 0.847. The number of carbonyl (C=O) groups is 2. The van der Waals surface area contributed by atoms with Gasteiger partial charge in [0.05, 0.1) is 25.7 Å². The van der Waals surface area contributed by atoms with Crippen LogP contribution in [0, 0.1) is 0 Å². The van der Waals surface area contributed by atoms with E-state index in [0.29, 0.717) is 24.6 Å². The summed E-state index contributed by atoms with van der Waals surface area (Å²) in [7, 11) is 4.69. The van der Waals surface area contributed by atoms with Crippen molar-refractivity contribution in [3.63, 3.8) is 0 Å². The van der Waals surface area contributed by atoms with E-state index in [0.717, 1.165) is 12.8 Å². The Morgan fingerprint density at radius 3 is 2.87 bits per heavy atom. The molecule has 1 aliphatic rings. The lowest BCUT2D eigenvalue weighted by molar-refractivity contribution is -0.123. The Kier molecular flexibility index (Phi) is 5.54. The molecule has 1 aromatic rings. The van der Waals surface area contributed by atoms with Crippen molar-refractivity contribution in [1.82, 2.24) is 15.2 Å². The molecule has 0 spiro atoms. The number of rotatable bonds is 6. The van der Waals surface area contributed by atoms with E-state index in [2.05, 4.69) is 10.3 Å². The first-order valence-electron chi connectivity index (χ1n) is 7.58. The van der Waals surface area contributed by atoms with Crippen LogP contribution in [0.4, 0.5) is 0 Å². The maximum absolute atomic E-state index is 12.9. The molecule has 126 valence electrons. The van der Waals surface area contributed by atoms with Crippen molar-refractivity contribution in [2.75, 3.05) is 34.4 Å². The number of ether oxygens (including phenoxy) is 2. The summed E-state index contributed by atoms with van der Waals surface area (Å²) in [5.41, 5.74) is -0.112. The van der Waals surface area contributed by atoms with Crippen LogP contribution in [0.25, 0.3) is 0 Å². The van der Waals surface area contributed by atoms with Crippen molar-refractivity contribution >= 4 is 11.8 Å². The largest absolute Gasteiger partial charge is 0.481 e. The SMILES string of the molecule is CNC(=O)C[C@]1(COC)CCCN1C(=O)c1ccnc(OC)c1. The van der Waals surface area contributed by atoms with Crippen LogP contribution >= 0.6 is 0 Å². The summed E-state index contributed by atoms with van der Waals surface area (Å²) in [6, 6.07) is 3.26. The highest BCUT2D eigenvalue weighted by Crippen LogP contribution is 2.34. The molecule has 1 N–H and O–H groups in total. The van der Waals surface area contributed by atoms with Crippen molar-refractivity contribution in [3.8, 4) is 5.88 Å². The maximum atomic E-state index is 12.9. The fraction of sp³-hybridized carbons (Fsp3) is 0.562. The van der Waals surface area contributed by atoms with Gasteiger partial charge in [-0.25, -0.2) is 4.98 Å². The number of pyridine rings is 1. The predicted molar refractivity (Wildman–Crippen MR) is 84.4 cm³/mol. The monoisotopic (exact) mass is 321 g/mol. The van der Waals surface area contributed by atoms with E-state index in [-0.39, 0.29) is 18.2 Å². The first-order valence-corrected chi connectivity index (χ1v) is 7.58. The van der Waals surface area contributed by atoms with E-state index in [9.17, 15) is 9.59 Å². The summed E-state index contributed by atoms with van der Waals surface area (Å²) in [6.45, 7) is 0.929. The number of amides is 2. The summed E-state index contributed by atoms with van der Waals surface area (Å²) in [5.74, 6) is 0.150. The van der Waals surface area contributed by atoms with E-state index in [1.807, 2.05) is 0 Å². The summed E-state index contributed by atoms with van der Waals surface area (Å²) in [4.78, 5) is 30.6. The van der Waals surface area contributed by atoms with Gasteiger partial charge >= 0.3 is 0 Å². The van der Waals surface area contributed by atoms with Gasteiger partial charge in [0.1, 0.15) is 0 Å². The summed E-state index contributed by atoms with van der Waals surface area (Å²) in [5, 5.41) is 2.63. The van der Waals surface area contributed by atoms with Crippen LogP contribution in [0.3, 0.4) is 0 Å². The third-order valence-electron chi connectivity index (χ3n) is 4.21. The fourth-order valence-electron chi connectivity index (χ4n) is 3.11. The molecule has 0 unspecified atom stereocenters. The van der Waals surface area contributed by atoms with Crippen LogP contribution in [0.5, 0.6) is 5.88 Å². The molecule has 7 nitrogen and oxygen atoms in total. The molecule has 0 aromatic carbocycles. The molecule has 1 aliphatic heterocycles. The minimum atomic E-state index is -0.609. The number of aromatic nitrogens is 1. The Balaban J connectivity index is 2.30. The Hall–Kier alpha value is -2.15. The number of hydrogen-bond donors (Lipinski definition) is 1. The second kappa shape index (κ2) is 7.41. The second-order valence-electron chi connectivity index (χ2n) is 5.65. The van der Waals surface area contributed by atoms with Crippen molar-refractivity contribution in [2.45, 2.75) is 24.8 Å². The van der Waals surface area contributed by atoms with Gasteiger partial charge in [0.25, 0.3) is 5.91 Å². The van der Waals surface area contributed by atoms with Gasteiger partial charge in [0, 0.05) is 38.5 Å². The first kappa shape index (κ1) is 17.2. The van der Waals surface area contributed by atoms with Gasteiger partial charge in [0.15, 0.2) is 0 Å². The highest BCUT2D eigenvalue weighted by molar-refractivity contribution is 5.95. The van der Waals surface area contributed by atoms with E-state index in [1.165, 1.54) is 7.11 Å². The highest BCUT2D eigenvalue weighted by atomic mass is 16.5. The average molecular weight is 321 g/mol. The Morgan fingerprint density at radius 1 is 1.43 bits per heavy atom. The molecule has 0 bridgehead atoms. The zero-order valence-corrected chi connectivity index (χ0v) is 13.8. The van der Waals surface area contributed by atoms with Crippen molar-refractivity contribution < 1.29 is 19.1 Å². The van der Waals surface area contributed by atoms with Gasteiger partial charge in [-0.2, -0.15) is 0 Å². The third kappa shape index (κ3) is 3.61. The number of nitrogens with zero attached hydrogens (tertiary/aromatic N) is 2. The molecule has 0 saturated carbocycles. The Bertz CT molecular complexity index is 578. The van der Waals surface area contributed by atoms with Gasteiger partial charge < -0.3 is 19.7 Å². The van der Waals surface area contributed by atoms with Crippen LogP contribution in [0.1, 0.15) is 29.6 Å². The van der Waals surface area contributed by atoms with Crippen molar-refractivity contribution in [3.05, 3.63) is 23.9 Å². The van der Waals surface area contributed by atoms with E-state index < -0.39 is 5.54 Å². The molecule has 0 radical (unpaired) electrons. The molecule has 2 heterocycles. The first-order chi connectivity index (χ1) is 11.1. The van der Waals surface area contributed by atoms with Crippen LogP contribution < -0.4 is 10.1 Å².